The second-order valence-corrected chi connectivity index (χ2v) is 7.89. The van der Waals surface area contributed by atoms with E-state index < -0.39 is 11.5 Å². The Hall–Kier alpha value is -4.01. The number of ether oxygens (including phenoxy) is 3. The van der Waals surface area contributed by atoms with Crippen LogP contribution in [0.5, 0.6) is 23.0 Å². The molecular formula is C26H28FNO7. The van der Waals surface area contributed by atoms with E-state index in [2.05, 4.69) is 5.32 Å². The van der Waals surface area contributed by atoms with Crippen molar-refractivity contribution in [1.82, 2.24) is 5.32 Å². The lowest BCUT2D eigenvalue weighted by Gasteiger charge is -2.21. The molecule has 2 aromatic carbocycles. The van der Waals surface area contributed by atoms with Crippen LogP contribution in [0.3, 0.4) is 0 Å². The van der Waals surface area contributed by atoms with E-state index >= 15 is 0 Å². The zero-order valence-electron chi connectivity index (χ0n) is 20.0. The van der Waals surface area contributed by atoms with Crippen molar-refractivity contribution < 1.29 is 32.9 Å². The Bertz CT molecular complexity index is 1210. The number of carbonyl (C=O) groups excluding carboxylic acids is 1. The van der Waals surface area contributed by atoms with E-state index in [9.17, 15) is 19.1 Å². The van der Waals surface area contributed by atoms with Gasteiger partial charge < -0.3 is 29.1 Å². The van der Waals surface area contributed by atoms with Gasteiger partial charge in [-0.1, -0.05) is 12.1 Å². The van der Waals surface area contributed by atoms with E-state index in [1.54, 1.807) is 31.2 Å². The van der Waals surface area contributed by atoms with Gasteiger partial charge in [0.25, 0.3) is 0 Å². The summed E-state index contributed by atoms with van der Waals surface area (Å²) in [6.45, 7) is 1.85. The molecule has 0 radical (unpaired) electrons. The Labute approximate surface area is 202 Å². The lowest BCUT2D eigenvalue weighted by molar-refractivity contribution is -0.121. The number of carbonyl (C=O) groups is 1. The zero-order chi connectivity index (χ0) is 25.5. The predicted molar refractivity (Wildman–Crippen MR) is 127 cm³/mol. The standard InChI is InChI=1S/C26H28FNO7/c1-15-11-20(29)24(26(31)35-15)19(17-12-21(32-2)25(34-4)22(13-17)33-3)14-23(30)28-10-9-16-5-7-18(27)8-6-16/h5-8,11-13,19,29H,9-10,14H2,1-4H3,(H,28,30)/t19-/m0/s1. The fraction of sp³-hybridized carbons (Fsp3) is 0.308. The number of aromatic hydroxyl groups is 1. The summed E-state index contributed by atoms with van der Waals surface area (Å²) in [5, 5.41) is 13.4. The molecule has 0 bridgehead atoms. The molecule has 9 heteroatoms. The maximum Gasteiger partial charge on any atom is 0.343 e. The number of halogens is 1. The van der Waals surface area contributed by atoms with Gasteiger partial charge in [0.1, 0.15) is 17.3 Å². The van der Waals surface area contributed by atoms with Gasteiger partial charge in [0.05, 0.1) is 26.9 Å². The topological polar surface area (TPSA) is 107 Å². The summed E-state index contributed by atoms with van der Waals surface area (Å²) in [5.41, 5.74) is 0.545. The van der Waals surface area contributed by atoms with E-state index in [0.717, 1.165) is 5.56 Å². The van der Waals surface area contributed by atoms with Crippen LogP contribution in [0.4, 0.5) is 4.39 Å². The monoisotopic (exact) mass is 485 g/mol. The number of benzene rings is 2. The summed E-state index contributed by atoms with van der Waals surface area (Å²) < 4.78 is 34.5. The largest absolute Gasteiger partial charge is 0.507 e. The molecule has 186 valence electrons. The van der Waals surface area contributed by atoms with Crippen LogP contribution in [-0.4, -0.2) is 38.9 Å². The number of hydrogen-bond donors (Lipinski definition) is 2. The molecule has 0 fully saturated rings. The van der Waals surface area contributed by atoms with E-state index in [-0.39, 0.29) is 35.2 Å². The molecule has 1 heterocycles. The van der Waals surface area contributed by atoms with Crippen LogP contribution >= 0.6 is 0 Å². The number of hydrogen-bond acceptors (Lipinski definition) is 7. The minimum absolute atomic E-state index is 0.0569. The van der Waals surface area contributed by atoms with E-state index in [4.69, 9.17) is 18.6 Å². The van der Waals surface area contributed by atoms with Crippen molar-refractivity contribution in [3.8, 4) is 23.0 Å². The molecule has 8 nitrogen and oxygen atoms in total. The molecule has 0 unspecified atom stereocenters. The third-order valence-electron chi connectivity index (χ3n) is 5.57. The van der Waals surface area contributed by atoms with Crippen LogP contribution in [0, 0.1) is 12.7 Å². The molecule has 0 aliphatic rings. The number of aryl methyl sites for hydroxylation is 1. The number of amides is 1. The molecule has 1 aromatic heterocycles. The molecule has 35 heavy (non-hydrogen) atoms. The summed E-state index contributed by atoms with van der Waals surface area (Å²) in [5.74, 6) is -0.583. The minimum Gasteiger partial charge on any atom is -0.507 e. The second kappa shape index (κ2) is 11.4. The summed E-state index contributed by atoms with van der Waals surface area (Å²) in [6, 6.07) is 10.6. The highest BCUT2D eigenvalue weighted by molar-refractivity contribution is 5.78. The maximum absolute atomic E-state index is 13.1. The molecular weight excluding hydrogens is 457 g/mol. The van der Waals surface area contributed by atoms with Crippen molar-refractivity contribution in [2.75, 3.05) is 27.9 Å². The Balaban J connectivity index is 1.93. The van der Waals surface area contributed by atoms with Gasteiger partial charge in [0, 0.05) is 24.9 Å². The van der Waals surface area contributed by atoms with Crippen molar-refractivity contribution in [1.29, 1.82) is 0 Å². The van der Waals surface area contributed by atoms with Crippen molar-refractivity contribution in [3.05, 3.63) is 81.2 Å². The molecule has 1 atom stereocenters. The molecule has 0 aliphatic carbocycles. The predicted octanol–water partition coefficient (Wildman–Crippen LogP) is 3.70. The highest BCUT2D eigenvalue weighted by Gasteiger charge is 2.28. The Morgan fingerprint density at radius 2 is 1.69 bits per heavy atom. The summed E-state index contributed by atoms with van der Waals surface area (Å²) in [7, 11) is 4.37. The first-order valence-electron chi connectivity index (χ1n) is 10.9. The fourth-order valence-electron chi connectivity index (χ4n) is 3.87. The van der Waals surface area contributed by atoms with Crippen LogP contribution in [0.2, 0.25) is 0 Å². The van der Waals surface area contributed by atoms with E-state index in [0.29, 0.717) is 35.8 Å². The third kappa shape index (κ3) is 6.11. The molecule has 0 saturated heterocycles. The average Bonchev–Trinajstić information content (AvgIpc) is 2.83. The van der Waals surface area contributed by atoms with E-state index in [1.807, 2.05) is 0 Å². The van der Waals surface area contributed by atoms with Gasteiger partial charge in [-0.3, -0.25) is 4.79 Å². The number of rotatable bonds is 10. The van der Waals surface area contributed by atoms with Gasteiger partial charge in [-0.15, -0.1) is 0 Å². The highest BCUT2D eigenvalue weighted by Crippen LogP contribution is 2.42. The molecule has 0 spiro atoms. The summed E-state index contributed by atoms with van der Waals surface area (Å²) in [4.78, 5) is 25.6. The van der Waals surface area contributed by atoms with Gasteiger partial charge in [0.2, 0.25) is 11.7 Å². The van der Waals surface area contributed by atoms with Crippen LogP contribution < -0.4 is 25.2 Å². The van der Waals surface area contributed by atoms with Crippen LogP contribution in [-0.2, 0) is 11.2 Å². The lowest BCUT2D eigenvalue weighted by atomic mass is 9.88. The maximum atomic E-state index is 13.1. The molecule has 2 N–H and O–H groups in total. The van der Waals surface area contributed by atoms with Crippen LogP contribution in [0.25, 0.3) is 0 Å². The van der Waals surface area contributed by atoms with Crippen molar-refractivity contribution >= 4 is 5.91 Å². The van der Waals surface area contributed by atoms with Crippen molar-refractivity contribution in [3.63, 3.8) is 0 Å². The number of methoxy groups -OCH3 is 3. The first-order chi connectivity index (χ1) is 16.8. The summed E-state index contributed by atoms with van der Waals surface area (Å²) >= 11 is 0. The highest BCUT2D eigenvalue weighted by atomic mass is 19.1. The SMILES string of the molecule is COc1cc([C@H](CC(=O)NCCc2ccc(F)cc2)c2c(O)cc(C)oc2=O)cc(OC)c1OC. The Morgan fingerprint density at radius 3 is 2.23 bits per heavy atom. The van der Waals surface area contributed by atoms with Crippen molar-refractivity contribution in [2.24, 2.45) is 0 Å². The quantitative estimate of drug-likeness (QED) is 0.451. The molecule has 3 rings (SSSR count). The zero-order valence-corrected chi connectivity index (χ0v) is 20.0. The fourth-order valence-corrected chi connectivity index (χ4v) is 3.87. The minimum atomic E-state index is -0.869. The van der Waals surface area contributed by atoms with Gasteiger partial charge in [-0.25, -0.2) is 9.18 Å². The Kier molecular flexibility index (Phi) is 8.35. The lowest BCUT2D eigenvalue weighted by Crippen LogP contribution is -2.28. The first kappa shape index (κ1) is 25.6. The molecule has 0 aliphatic heterocycles. The van der Waals surface area contributed by atoms with Gasteiger partial charge in [-0.2, -0.15) is 0 Å². The number of nitrogens with one attached hydrogen (secondary N) is 1. The van der Waals surface area contributed by atoms with Gasteiger partial charge in [-0.05, 0) is 48.7 Å². The summed E-state index contributed by atoms with van der Waals surface area (Å²) in [6.07, 6.45) is 0.336. The van der Waals surface area contributed by atoms with Crippen LogP contribution in [0.1, 0.15) is 34.8 Å². The molecule has 3 aromatic rings. The third-order valence-corrected chi connectivity index (χ3v) is 5.57. The normalized spacial score (nSPS) is 11.6. The molecule has 0 saturated carbocycles. The average molecular weight is 486 g/mol. The van der Waals surface area contributed by atoms with Gasteiger partial charge >= 0.3 is 5.63 Å². The first-order valence-corrected chi connectivity index (χ1v) is 10.9. The van der Waals surface area contributed by atoms with Crippen LogP contribution in [0.15, 0.2) is 51.7 Å². The van der Waals surface area contributed by atoms with E-state index in [1.165, 1.54) is 39.5 Å². The van der Waals surface area contributed by atoms with Gasteiger partial charge in [0.15, 0.2) is 11.5 Å². The van der Waals surface area contributed by atoms with Crippen molar-refractivity contribution in [2.45, 2.75) is 25.7 Å². The smallest absolute Gasteiger partial charge is 0.343 e. The molecule has 1 amide bonds. The Morgan fingerprint density at radius 1 is 1.06 bits per heavy atom. The second-order valence-electron chi connectivity index (χ2n) is 7.89.